The molecular weight excluding hydrogens is 329 g/mol. The molecule has 11 heteroatoms. The number of hydrogen-bond acceptors (Lipinski definition) is 5. The van der Waals surface area contributed by atoms with Crippen molar-refractivity contribution in [1.29, 1.82) is 0 Å². The lowest BCUT2D eigenvalue weighted by Crippen LogP contribution is -2.14. The summed E-state index contributed by atoms with van der Waals surface area (Å²) >= 11 is 0. The van der Waals surface area contributed by atoms with Gasteiger partial charge in [0.1, 0.15) is 5.69 Å². The topological polar surface area (TPSA) is 98.2 Å². The van der Waals surface area contributed by atoms with Gasteiger partial charge in [-0.25, -0.2) is 4.98 Å². The second-order valence-electron chi connectivity index (χ2n) is 5.03. The molecule has 0 saturated carbocycles. The van der Waals surface area contributed by atoms with Crippen molar-refractivity contribution in [3.8, 4) is 11.4 Å². The van der Waals surface area contributed by atoms with Crippen molar-refractivity contribution in [1.82, 2.24) is 29.4 Å². The average molecular weight is 340 g/mol. The molecule has 126 valence electrons. The van der Waals surface area contributed by atoms with Crippen molar-refractivity contribution in [2.24, 2.45) is 7.05 Å². The Kier molecular flexibility index (Phi) is 3.70. The van der Waals surface area contributed by atoms with Crippen LogP contribution in [0, 0.1) is 0 Å². The van der Waals surface area contributed by atoms with Crippen molar-refractivity contribution < 1.29 is 23.1 Å². The van der Waals surface area contributed by atoms with Gasteiger partial charge < -0.3 is 5.11 Å². The molecule has 0 atom stereocenters. The summed E-state index contributed by atoms with van der Waals surface area (Å²) in [6.07, 6.45) is -3.47. The van der Waals surface area contributed by atoms with Gasteiger partial charge in [-0.15, -0.1) is 5.10 Å². The minimum Gasteiger partial charge on any atom is -0.481 e. The molecule has 3 aromatic rings. The third kappa shape index (κ3) is 3.05. The van der Waals surface area contributed by atoms with Crippen LogP contribution >= 0.6 is 0 Å². The predicted molar refractivity (Wildman–Crippen MR) is 73.9 cm³/mol. The van der Waals surface area contributed by atoms with Crippen LogP contribution in [-0.2, 0) is 24.4 Å². The monoisotopic (exact) mass is 340 g/mol. The molecule has 1 N–H and O–H groups in total. The van der Waals surface area contributed by atoms with E-state index in [1.165, 1.54) is 10.7 Å². The summed E-state index contributed by atoms with van der Waals surface area (Å²) in [5.41, 5.74) is -0.782. The number of carbonyl (C=O) groups is 1. The molecular formula is C13H11F3N6O2. The summed E-state index contributed by atoms with van der Waals surface area (Å²) in [5, 5.41) is 16.4. The van der Waals surface area contributed by atoms with E-state index >= 15 is 0 Å². The lowest BCUT2D eigenvalue weighted by molar-refractivity contribution is -0.142. The lowest BCUT2D eigenvalue weighted by atomic mass is 10.2. The van der Waals surface area contributed by atoms with Crippen molar-refractivity contribution >= 4 is 11.7 Å². The van der Waals surface area contributed by atoms with Crippen LogP contribution in [0.15, 0.2) is 18.3 Å². The number of hydrogen-bond donors (Lipinski definition) is 1. The van der Waals surface area contributed by atoms with Crippen LogP contribution in [0.3, 0.4) is 0 Å². The van der Waals surface area contributed by atoms with Crippen LogP contribution < -0.4 is 0 Å². The standard InChI is InChI=1S/C13H11F3N6O2/c1-21-5-4-7(19-21)8-6-9(13(14,15)16)22-12(17-8)18-10(20-22)2-3-11(23)24/h4-6H,2-3H2,1H3,(H,23,24). The predicted octanol–water partition coefficient (Wildman–Crippen LogP) is 1.56. The molecule has 3 heterocycles. The van der Waals surface area contributed by atoms with Gasteiger partial charge in [0, 0.05) is 19.7 Å². The molecule has 24 heavy (non-hydrogen) atoms. The maximum absolute atomic E-state index is 13.3. The molecule has 0 unspecified atom stereocenters. The number of fused-ring (bicyclic) bond motifs is 1. The Hall–Kier alpha value is -2.98. The normalized spacial score (nSPS) is 12.0. The highest BCUT2D eigenvalue weighted by Gasteiger charge is 2.36. The van der Waals surface area contributed by atoms with Gasteiger partial charge in [0.25, 0.3) is 5.78 Å². The molecule has 0 saturated heterocycles. The lowest BCUT2D eigenvalue weighted by Gasteiger charge is -2.09. The highest BCUT2D eigenvalue weighted by Crippen LogP contribution is 2.31. The van der Waals surface area contributed by atoms with Gasteiger partial charge in [-0.1, -0.05) is 0 Å². The fourth-order valence-corrected chi connectivity index (χ4v) is 2.12. The smallest absolute Gasteiger partial charge is 0.433 e. The highest BCUT2D eigenvalue weighted by molar-refractivity contribution is 5.66. The number of carboxylic acids is 1. The van der Waals surface area contributed by atoms with Crippen molar-refractivity contribution in [3.05, 3.63) is 29.8 Å². The Morgan fingerprint density at radius 1 is 1.25 bits per heavy atom. The van der Waals surface area contributed by atoms with E-state index in [9.17, 15) is 18.0 Å². The van der Waals surface area contributed by atoms with Crippen LogP contribution in [-0.4, -0.2) is 40.4 Å². The van der Waals surface area contributed by atoms with Gasteiger partial charge in [0.05, 0.1) is 12.1 Å². The third-order valence-corrected chi connectivity index (χ3v) is 3.18. The SMILES string of the molecule is Cn1ccc(-c2cc(C(F)(F)F)n3nc(CCC(=O)O)nc3n2)n1. The fraction of sp³-hybridized carbons (Fsp3) is 0.308. The zero-order chi connectivity index (χ0) is 17.5. The van der Waals surface area contributed by atoms with Crippen LogP contribution in [0.4, 0.5) is 13.2 Å². The summed E-state index contributed by atoms with van der Waals surface area (Å²) in [4.78, 5) is 18.5. The van der Waals surface area contributed by atoms with Crippen molar-refractivity contribution in [2.75, 3.05) is 0 Å². The summed E-state index contributed by atoms with van der Waals surface area (Å²) in [5.74, 6) is -1.37. The van der Waals surface area contributed by atoms with E-state index < -0.39 is 17.8 Å². The van der Waals surface area contributed by atoms with Gasteiger partial charge in [0.2, 0.25) is 0 Å². The van der Waals surface area contributed by atoms with E-state index in [1.807, 2.05) is 0 Å². The summed E-state index contributed by atoms with van der Waals surface area (Å²) in [6, 6.07) is 2.37. The molecule has 0 radical (unpaired) electrons. The van der Waals surface area contributed by atoms with Crippen LogP contribution in [0.25, 0.3) is 17.2 Å². The minimum atomic E-state index is -4.68. The Morgan fingerprint density at radius 3 is 2.58 bits per heavy atom. The quantitative estimate of drug-likeness (QED) is 0.774. The van der Waals surface area contributed by atoms with Crippen LogP contribution in [0.1, 0.15) is 17.9 Å². The third-order valence-electron chi connectivity index (χ3n) is 3.18. The number of halogens is 3. The van der Waals surface area contributed by atoms with E-state index in [4.69, 9.17) is 5.11 Å². The number of aliphatic carboxylic acids is 1. The minimum absolute atomic E-state index is 0.00705. The molecule has 0 spiro atoms. The van der Waals surface area contributed by atoms with Gasteiger partial charge in [-0.2, -0.15) is 27.8 Å². The Bertz CT molecular complexity index is 914. The number of alkyl halides is 3. The van der Waals surface area contributed by atoms with Crippen LogP contribution in [0.2, 0.25) is 0 Å². The number of carboxylic acid groups (broad SMARTS) is 1. The molecule has 0 aliphatic carbocycles. The van der Waals surface area contributed by atoms with E-state index in [0.29, 0.717) is 4.52 Å². The van der Waals surface area contributed by atoms with E-state index in [1.54, 1.807) is 13.2 Å². The number of aryl methyl sites for hydroxylation is 2. The second kappa shape index (κ2) is 5.58. The first kappa shape index (κ1) is 15.9. The Balaban J connectivity index is 2.14. The molecule has 0 fully saturated rings. The number of nitrogens with zero attached hydrogens (tertiary/aromatic N) is 6. The van der Waals surface area contributed by atoms with Gasteiger partial charge in [0.15, 0.2) is 11.5 Å². The fourth-order valence-electron chi connectivity index (χ4n) is 2.12. The molecule has 0 bridgehead atoms. The molecule has 3 rings (SSSR count). The zero-order valence-electron chi connectivity index (χ0n) is 12.3. The average Bonchev–Trinajstić information content (AvgIpc) is 3.08. The molecule has 0 amide bonds. The Labute approximate surface area is 132 Å². The molecule has 0 aromatic carbocycles. The van der Waals surface area contributed by atoms with Gasteiger partial charge in [-0.3, -0.25) is 9.48 Å². The first-order valence-corrected chi connectivity index (χ1v) is 6.80. The molecule has 8 nitrogen and oxygen atoms in total. The molecule has 0 aliphatic heterocycles. The molecule has 0 aliphatic rings. The van der Waals surface area contributed by atoms with Crippen LogP contribution in [0.5, 0.6) is 0 Å². The largest absolute Gasteiger partial charge is 0.481 e. The van der Waals surface area contributed by atoms with E-state index in [-0.39, 0.29) is 35.8 Å². The maximum atomic E-state index is 13.3. The van der Waals surface area contributed by atoms with E-state index in [2.05, 4.69) is 20.2 Å². The summed E-state index contributed by atoms with van der Waals surface area (Å²) in [7, 11) is 1.63. The summed E-state index contributed by atoms with van der Waals surface area (Å²) < 4.78 is 41.9. The van der Waals surface area contributed by atoms with E-state index in [0.717, 1.165) is 6.07 Å². The van der Waals surface area contributed by atoms with Gasteiger partial charge >= 0.3 is 12.1 Å². The number of aromatic nitrogens is 6. The zero-order valence-corrected chi connectivity index (χ0v) is 12.3. The molecule has 3 aromatic heterocycles. The Morgan fingerprint density at radius 2 is 2.00 bits per heavy atom. The number of rotatable bonds is 4. The van der Waals surface area contributed by atoms with Gasteiger partial charge in [-0.05, 0) is 12.1 Å². The van der Waals surface area contributed by atoms with Crippen molar-refractivity contribution in [2.45, 2.75) is 19.0 Å². The summed E-state index contributed by atoms with van der Waals surface area (Å²) in [6.45, 7) is 0. The van der Waals surface area contributed by atoms with Crippen molar-refractivity contribution in [3.63, 3.8) is 0 Å². The first-order chi connectivity index (χ1) is 11.2. The highest BCUT2D eigenvalue weighted by atomic mass is 19.4. The first-order valence-electron chi connectivity index (χ1n) is 6.80. The maximum Gasteiger partial charge on any atom is 0.433 e. The second-order valence-corrected chi connectivity index (χ2v) is 5.03.